The quantitative estimate of drug-likeness (QED) is 0.380. The van der Waals surface area contributed by atoms with E-state index in [0.29, 0.717) is 22.5 Å². The van der Waals surface area contributed by atoms with E-state index in [1.807, 2.05) is 19.9 Å². The van der Waals surface area contributed by atoms with Crippen molar-refractivity contribution < 1.29 is 9.45 Å². The number of nitro benzene ring substituents is 1. The first-order valence-electron chi connectivity index (χ1n) is 9.06. The molecule has 0 spiro atoms. The number of nitro groups is 1. The standard InChI is InChI=1S/C20H18N6O3/c1-12(2)18(20-24-19(25-29-20)13-4-3-8-21-10-13)23-16-5-6-17(26(27)28)15-11-22-9-7-14(15)16/h3-12,18,23H,1-2H3. The topological polar surface area (TPSA) is 120 Å². The molecule has 0 amide bonds. The van der Waals surface area contributed by atoms with E-state index in [9.17, 15) is 10.1 Å². The van der Waals surface area contributed by atoms with Crippen LogP contribution in [-0.4, -0.2) is 25.0 Å². The molecule has 3 heterocycles. The number of fused-ring (bicyclic) bond motifs is 1. The molecule has 1 atom stereocenters. The first-order valence-corrected chi connectivity index (χ1v) is 9.06. The molecule has 0 bridgehead atoms. The van der Waals surface area contributed by atoms with Gasteiger partial charge in [-0.3, -0.25) is 20.1 Å². The number of aromatic nitrogens is 4. The van der Waals surface area contributed by atoms with Gasteiger partial charge in [0.2, 0.25) is 11.7 Å². The van der Waals surface area contributed by atoms with Crippen LogP contribution in [0.4, 0.5) is 11.4 Å². The summed E-state index contributed by atoms with van der Waals surface area (Å²) in [7, 11) is 0. The third kappa shape index (κ3) is 3.62. The molecule has 0 aliphatic heterocycles. The van der Waals surface area contributed by atoms with E-state index in [0.717, 1.165) is 11.3 Å². The van der Waals surface area contributed by atoms with E-state index in [-0.39, 0.29) is 17.6 Å². The molecule has 0 aliphatic carbocycles. The summed E-state index contributed by atoms with van der Waals surface area (Å²) < 4.78 is 5.52. The third-order valence-electron chi connectivity index (χ3n) is 4.60. The van der Waals surface area contributed by atoms with Crippen LogP contribution in [0.15, 0.2) is 59.6 Å². The summed E-state index contributed by atoms with van der Waals surface area (Å²) >= 11 is 0. The Hall–Kier alpha value is -3.88. The maximum Gasteiger partial charge on any atom is 0.278 e. The number of rotatable bonds is 6. The van der Waals surface area contributed by atoms with E-state index in [1.54, 1.807) is 36.8 Å². The molecule has 9 nitrogen and oxygen atoms in total. The fourth-order valence-corrected chi connectivity index (χ4v) is 3.12. The Bertz CT molecular complexity index is 1160. The van der Waals surface area contributed by atoms with Crippen LogP contribution in [0, 0.1) is 16.0 Å². The number of nitrogens with one attached hydrogen (secondary N) is 1. The lowest BCUT2D eigenvalue weighted by Crippen LogP contribution is -2.17. The van der Waals surface area contributed by atoms with Gasteiger partial charge in [0.05, 0.1) is 10.3 Å². The van der Waals surface area contributed by atoms with Gasteiger partial charge in [0.1, 0.15) is 6.04 Å². The summed E-state index contributed by atoms with van der Waals surface area (Å²) in [4.78, 5) is 23.6. The Morgan fingerprint density at radius 3 is 2.62 bits per heavy atom. The Morgan fingerprint density at radius 1 is 1.07 bits per heavy atom. The van der Waals surface area contributed by atoms with Gasteiger partial charge in [0.15, 0.2) is 0 Å². The van der Waals surface area contributed by atoms with Crippen LogP contribution in [0.3, 0.4) is 0 Å². The van der Waals surface area contributed by atoms with Gasteiger partial charge in [-0.1, -0.05) is 19.0 Å². The van der Waals surface area contributed by atoms with Crippen LogP contribution in [0.25, 0.3) is 22.2 Å². The molecule has 0 radical (unpaired) electrons. The average molecular weight is 390 g/mol. The van der Waals surface area contributed by atoms with Gasteiger partial charge in [-0.2, -0.15) is 4.98 Å². The molecule has 29 heavy (non-hydrogen) atoms. The minimum atomic E-state index is -0.411. The Balaban J connectivity index is 1.71. The van der Waals surface area contributed by atoms with Gasteiger partial charge in [0.25, 0.3) is 5.69 Å². The van der Waals surface area contributed by atoms with E-state index in [2.05, 4.69) is 25.4 Å². The summed E-state index contributed by atoms with van der Waals surface area (Å²) in [6.07, 6.45) is 6.45. The summed E-state index contributed by atoms with van der Waals surface area (Å²) in [5.41, 5.74) is 1.50. The highest BCUT2D eigenvalue weighted by Gasteiger charge is 2.25. The van der Waals surface area contributed by atoms with E-state index < -0.39 is 4.92 Å². The van der Waals surface area contributed by atoms with Crippen LogP contribution in [0.5, 0.6) is 0 Å². The van der Waals surface area contributed by atoms with Crippen LogP contribution in [-0.2, 0) is 0 Å². The van der Waals surface area contributed by atoms with Crippen LogP contribution in [0.2, 0.25) is 0 Å². The second kappa shape index (κ2) is 7.63. The van der Waals surface area contributed by atoms with Crippen LogP contribution in [0.1, 0.15) is 25.8 Å². The van der Waals surface area contributed by atoms with Crippen molar-refractivity contribution in [3.05, 3.63) is 71.1 Å². The molecule has 4 rings (SSSR count). The number of hydrogen-bond donors (Lipinski definition) is 1. The number of pyridine rings is 2. The monoisotopic (exact) mass is 390 g/mol. The highest BCUT2D eigenvalue weighted by Crippen LogP contribution is 2.34. The number of nitrogens with zero attached hydrogens (tertiary/aromatic N) is 5. The maximum absolute atomic E-state index is 11.3. The minimum absolute atomic E-state index is 0.0106. The lowest BCUT2D eigenvalue weighted by Gasteiger charge is -2.21. The Kier molecular flexibility index (Phi) is 4.86. The molecule has 1 aromatic carbocycles. The first-order chi connectivity index (χ1) is 14.0. The Labute approximate surface area is 166 Å². The normalized spacial score (nSPS) is 12.2. The first kappa shape index (κ1) is 18.5. The fourth-order valence-electron chi connectivity index (χ4n) is 3.12. The molecule has 146 valence electrons. The Morgan fingerprint density at radius 2 is 1.90 bits per heavy atom. The van der Waals surface area contributed by atoms with Gasteiger partial charge >= 0.3 is 0 Å². The van der Waals surface area contributed by atoms with Crippen molar-refractivity contribution in [3.8, 4) is 11.4 Å². The van der Waals surface area contributed by atoms with Crippen molar-refractivity contribution >= 4 is 22.1 Å². The molecule has 3 aromatic heterocycles. The van der Waals surface area contributed by atoms with Crippen molar-refractivity contribution in [2.75, 3.05) is 5.32 Å². The summed E-state index contributed by atoms with van der Waals surface area (Å²) in [6.45, 7) is 4.06. The molecule has 1 N–H and O–H groups in total. The van der Waals surface area contributed by atoms with Crippen molar-refractivity contribution in [1.29, 1.82) is 0 Å². The zero-order valence-corrected chi connectivity index (χ0v) is 15.8. The van der Waals surface area contributed by atoms with Gasteiger partial charge < -0.3 is 9.84 Å². The molecule has 0 aliphatic rings. The van der Waals surface area contributed by atoms with Crippen LogP contribution < -0.4 is 5.32 Å². The van der Waals surface area contributed by atoms with Crippen molar-refractivity contribution in [2.24, 2.45) is 5.92 Å². The summed E-state index contributed by atoms with van der Waals surface area (Å²) in [6, 6.07) is 8.28. The molecule has 0 fully saturated rings. The van der Waals surface area contributed by atoms with Gasteiger partial charge in [0, 0.05) is 47.5 Å². The van der Waals surface area contributed by atoms with Gasteiger partial charge in [-0.15, -0.1) is 0 Å². The smallest absolute Gasteiger partial charge is 0.278 e. The number of hydrogen-bond acceptors (Lipinski definition) is 8. The van der Waals surface area contributed by atoms with Crippen molar-refractivity contribution in [3.63, 3.8) is 0 Å². The third-order valence-corrected chi connectivity index (χ3v) is 4.60. The lowest BCUT2D eigenvalue weighted by atomic mass is 10.0. The minimum Gasteiger partial charge on any atom is -0.373 e. The predicted octanol–water partition coefficient (Wildman–Crippen LogP) is 4.40. The van der Waals surface area contributed by atoms with E-state index >= 15 is 0 Å². The number of benzene rings is 1. The molecular weight excluding hydrogens is 372 g/mol. The van der Waals surface area contributed by atoms with E-state index in [4.69, 9.17) is 4.52 Å². The molecule has 1 unspecified atom stereocenters. The second-order valence-electron chi connectivity index (χ2n) is 6.87. The SMILES string of the molecule is CC(C)C(Nc1ccc([N+](=O)[O-])c2cnccc12)c1nc(-c2cccnc2)no1. The molecule has 0 saturated heterocycles. The maximum atomic E-state index is 11.3. The molecule has 0 saturated carbocycles. The van der Waals surface area contributed by atoms with Gasteiger partial charge in [-0.25, -0.2) is 0 Å². The van der Waals surface area contributed by atoms with Crippen molar-refractivity contribution in [2.45, 2.75) is 19.9 Å². The van der Waals surface area contributed by atoms with Gasteiger partial charge in [-0.05, 0) is 30.2 Å². The average Bonchev–Trinajstić information content (AvgIpc) is 3.22. The predicted molar refractivity (Wildman–Crippen MR) is 107 cm³/mol. The van der Waals surface area contributed by atoms with Crippen molar-refractivity contribution in [1.82, 2.24) is 20.1 Å². The number of anilines is 1. The molecule has 9 heteroatoms. The van der Waals surface area contributed by atoms with Crippen LogP contribution >= 0.6 is 0 Å². The highest BCUT2D eigenvalue weighted by molar-refractivity contribution is 5.99. The fraction of sp³-hybridized carbons (Fsp3) is 0.200. The zero-order chi connectivity index (χ0) is 20.4. The van der Waals surface area contributed by atoms with E-state index in [1.165, 1.54) is 12.3 Å². The molecular formula is C20H18N6O3. The zero-order valence-electron chi connectivity index (χ0n) is 15.8. The molecule has 4 aromatic rings. The lowest BCUT2D eigenvalue weighted by molar-refractivity contribution is -0.383. The summed E-state index contributed by atoms with van der Waals surface area (Å²) in [5, 5.41) is 20.0. The number of non-ortho nitro benzene ring substituents is 1. The second-order valence-corrected chi connectivity index (χ2v) is 6.87. The highest BCUT2D eigenvalue weighted by atomic mass is 16.6. The summed E-state index contributed by atoms with van der Waals surface area (Å²) in [5.74, 6) is 1.00. The largest absolute Gasteiger partial charge is 0.373 e.